The summed E-state index contributed by atoms with van der Waals surface area (Å²) in [4.78, 5) is 0. The van der Waals surface area contributed by atoms with Crippen molar-refractivity contribution in [3.8, 4) is 11.5 Å². The van der Waals surface area contributed by atoms with Crippen LogP contribution in [0.4, 0.5) is 0 Å². The van der Waals surface area contributed by atoms with E-state index < -0.39 is 0 Å². The lowest BCUT2D eigenvalue weighted by atomic mass is 10.1. The topological polar surface area (TPSA) is 48.3 Å². The van der Waals surface area contributed by atoms with Crippen LogP contribution in [0.25, 0.3) is 0 Å². The average molecular weight is 275 g/mol. The van der Waals surface area contributed by atoms with Crippen LogP contribution in [0.3, 0.4) is 0 Å². The maximum absolute atomic E-state index is 5.80. The smallest absolute Gasteiger partial charge is 0.165 e. The third-order valence-electron chi connectivity index (χ3n) is 2.96. The summed E-state index contributed by atoms with van der Waals surface area (Å²) in [6.07, 6.45) is 3.55. The van der Waals surface area contributed by atoms with Gasteiger partial charge < -0.3 is 14.8 Å². The number of hydrogen-bond acceptors (Lipinski definition) is 4. The Labute approximate surface area is 119 Å². The summed E-state index contributed by atoms with van der Waals surface area (Å²) in [5.41, 5.74) is 2.34. The molecule has 0 radical (unpaired) electrons. The van der Waals surface area contributed by atoms with Crippen molar-refractivity contribution in [1.29, 1.82) is 0 Å². The molecule has 1 aromatic heterocycles. The molecule has 1 heterocycles. The largest absolute Gasteiger partial charge is 0.454 e. The van der Waals surface area contributed by atoms with Gasteiger partial charge in [-0.15, -0.1) is 0 Å². The van der Waals surface area contributed by atoms with Crippen molar-refractivity contribution in [2.45, 2.75) is 13.5 Å². The van der Waals surface area contributed by atoms with Crippen LogP contribution in [0.1, 0.15) is 11.1 Å². The molecule has 0 bridgehead atoms. The molecule has 0 amide bonds. The van der Waals surface area contributed by atoms with Crippen LogP contribution in [0.2, 0.25) is 0 Å². The molecular formula is C15H21N3O2. The van der Waals surface area contributed by atoms with Gasteiger partial charge in [0.2, 0.25) is 0 Å². The molecule has 5 nitrogen and oxygen atoms in total. The van der Waals surface area contributed by atoms with Crippen LogP contribution in [-0.2, 0) is 18.3 Å². The number of aromatic nitrogens is 2. The Kier molecular flexibility index (Phi) is 5.15. The van der Waals surface area contributed by atoms with Crippen molar-refractivity contribution >= 4 is 0 Å². The second kappa shape index (κ2) is 7.07. The molecule has 0 spiro atoms. The lowest BCUT2D eigenvalue weighted by Crippen LogP contribution is -2.18. The van der Waals surface area contributed by atoms with Crippen LogP contribution in [0.5, 0.6) is 11.5 Å². The first-order valence-electron chi connectivity index (χ1n) is 6.64. The molecule has 108 valence electrons. The normalized spacial score (nSPS) is 10.8. The maximum Gasteiger partial charge on any atom is 0.165 e. The fourth-order valence-corrected chi connectivity index (χ4v) is 1.92. The molecule has 0 atom stereocenters. The number of aryl methyl sites for hydroxylation is 2. The Hall–Kier alpha value is -1.85. The molecule has 1 N–H and O–H groups in total. The first kappa shape index (κ1) is 14.6. The van der Waals surface area contributed by atoms with Crippen LogP contribution in [0, 0.1) is 6.92 Å². The van der Waals surface area contributed by atoms with Gasteiger partial charge in [0.05, 0.1) is 19.0 Å². The Balaban J connectivity index is 1.95. The van der Waals surface area contributed by atoms with Gasteiger partial charge >= 0.3 is 0 Å². The molecular weight excluding hydrogens is 254 g/mol. The third kappa shape index (κ3) is 4.08. The van der Waals surface area contributed by atoms with Gasteiger partial charge in [0.15, 0.2) is 5.75 Å². The summed E-state index contributed by atoms with van der Waals surface area (Å²) in [7, 11) is 3.57. The van der Waals surface area contributed by atoms with Gasteiger partial charge in [0, 0.05) is 27.2 Å². The van der Waals surface area contributed by atoms with E-state index in [-0.39, 0.29) is 0 Å². The number of hydrogen-bond donors (Lipinski definition) is 1. The minimum atomic E-state index is 0.723. The van der Waals surface area contributed by atoms with Crippen molar-refractivity contribution in [3.63, 3.8) is 0 Å². The average Bonchev–Trinajstić information content (AvgIpc) is 2.83. The minimum Gasteiger partial charge on any atom is -0.454 e. The fraction of sp³-hybridized carbons (Fsp3) is 0.400. The summed E-state index contributed by atoms with van der Waals surface area (Å²) in [5.74, 6) is 1.61. The molecule has 0 unspecified atom stereocenters. The highest BCUT2D eigenvalue weighted by Gasteiger charge is 2.04. The minimum absolute atomic E-state index is 0.723. The quantitative estimate of drug-likeness (QED) is 0.787. The van der Waals surface area contributed by atoms with Gasteiger partial charge in [0.25, 0.3) is 0 Å². The van der Waals surface area contributed by atoms with E-state index >= 15 is 0 Å². The highest BCUT2D eigenvalue weighted by Crippen LogP contribution is 2.25. The molecule has 2 aromatic rings. The number of nitrogens with zero attached hydrogens (tertiary/aromatic N) is 2. The lowest BCUT2D eigenvalue weighted by molar-refractivity contribution is 0.199. The predicted octanol–water partition coefficient (Wildman–Crippen LogP) is 2.26. The third-order valence-corrected chi connectivity index (χ3v) is 2.96. The molecule has 0 saturated heterocycles. The number of ether oxygens (including phenoxy) is 2. The zero-order valence-corrected chi connectivity index (χ0v) is 12.2. The van der Waals surface area contributed by atoms with E-state index in [2.05, 4.69) is 22.5 Å². The summed E-state index contributed by atoms with van der Waals surface area (Å²) >= 11 is 0. The highest BCUT2D eigenvalue weighted by atomic mass is 16.5. The van der Waals surface area contributed by atoms with Crippen molar-refractivity contribution < 1.29 is 9.47 Å². The van der Waals surface area contributed by atoms with E-state index in [9.17, 15) is 0 Å². The summed E-state index contributed by atoms with van der Waals surface area (Å²) in [5, 5.41) is 7.41. The van der Waals surface area contributed by atoms with Crippen LogP contribution >= 0.6 is 0 Å². The van der Waals surface area contributed by atoms with E-state index in [1.165, 1.54) is 5.56 Å². The second-order valence-corrected chi connectivity index (χ2v) is 4.72. The molecule has 2 rings (SSSR count). The first-order valence-corrected chi connectivity index (χ1v) is 6.64. The van der Waals surface area contributed by atoms with E-state index in [4.69, 9.17) is 9.47 Å². The molecule has 0 saturated carbocycles. The van der Waals surface area contributed by atoms with Crippen LogP contribution < -0.4 is 10.1 Å². The predicted molar refractivity (Wildman–Crippen MR) is 78.0 cm³/mol. The standard InChI is InChI=1S/C15H21N3O2/c1-12-8-13(9-16-6-7-19-3)4-5-15(12)20-14-10-17-18(2)11-14/h4-5,8,10-11,16H,6-7,9H2,1-3H3. The second-order valence-electron chi connectivity index (χ2n) is 4.72. The van der Waals surface area contributed by atoms with Crippen molar-refractivity contribution in [2.24, 2.45) is 7.05 Å². The zero-order chi connectivity index (χ0) is 14.4. The first-order chi connectivity index (χ1) is 9.69. The summed E-state index contributed by atoms with van der Waals surface area (Å²) < 4.78 is 12.5. The molecule has 0 fully saturated rings. The van der Waals surface area contributed by atoms with Gasteiger partial charge in [-0.3, -0.25) is 4.68 Å². The Morgan fingerprint density at radius 3 is 2.85 bits per heavy atom. The van der Waals surface area contributed by atoms with Crippen molar-refractivity contribution in [3.05, 3.63) is 41.7 Å². The van der Waals surface area contributed by atoms with Gasteiger partial charge in [-0.05, 0) is 24.1 Å². The van der Waals surface area contributed by atoms with Crippen LogP contribution in [0.15, 0.2) is 30.6 Å². The Bertz CT molecular complexity index is 552. The molecule has 0 aliphatic heterocycles. The number of nitrogens with one attached hydrogen (secondary N) is 1. The van der Waals surface area contributed by atoms with Gasteiger partial charge in [-0.2, -0.15) is 5.10 Å². The van der Waals surface area contributed by atoms with Crippen LogP contribution in [-0.4, -0.2) is 30.0 Å². The van der Waals surface area contributed by atoms with E-state index in [0.717, 1.165) is 36.8 Å². The summed E-state index contributed by atoms with van der Waals surface area (Å²) in [6.45, 7) is 4.45. The maximum atomic E-state index is 5.80. The SMILES string of the molecule is COCCNCc1ccc(Oc2cnn(C)c2)c(C)c1. The lowest BCUT2D eigenvalue weighted by Gasteiger charge is -2.09. The van der Waals surface area contributed by atoms with E-state index in [1.807, 2.05) is 26.2 Å². The van der Waals surface area contributed by atoms with Gasteiger partial charge in [-0.25, -0.2) is 0 Å². The fourth-order valence-electron chi connectivity index (χ4n) is 1.92. The monoisotopic (exact) mass is 275 g/mol. The number of benzene rings is 1. The van der Waals surface area contributed by atoms with E-state index in [1.54, 1.807) is 18.0 Å². The number of rotatable bonds is 7. The van der Waals surface area contributed by atoms with Gasteiger partial charge in [-0.1, -0.05) is 12.1 Å². The Morgan fingerprint density at radius 2 is 2.20 bits per heavy atom. The van der Waals surface area contributed by atoms with Crippen molar-refractivity contribution in [1.82, 2.24) is 15.1 Å². The van der Waals surface area contributed by atoms with E-state index in [0.29, 0.717) is 0 Å². The van der Waals surface area contributed by atoms with Crippen molar-refractivity contribution in [2.75, 3.05) is 20.3 Å². The Morgan fingerprint density at radius 1 is 1.35 bits per heavy atom. The summed E-state index contributed by atoms with van der Waals surface area (Å²) in [6, 6.07) is 6.19. The highest BCUT2D eigenvalue weighted by molar-refractivity contribution is 5.38. The van der Waals surface area contributed by atoms with Gasteiger partial charge in [0.1, 0.15) is 5.75 Å². The number of methoxy groups -OCH3 is 1. The molecule has 0 aliphatic rings. The molecule has 0 aliphatic carbocycles. The molecule has 5 heteroatoms. The molecule has 20 heavy (non-hydrogen) atoms. The zero-order valence-electron chi connectivity index (χ0n) is 12.2. The molecule has 1 aromatic carbocycles.